The molecule has 0 radical (unpaired) electrons. The lowest BCUT2D eigenvalue weighted by Gasteiger charge is -2.15. The Hall–Kier alpha value is -2.45. The van der Waals surface area contributed by atoms with Crippen LogP contribution in [0.4, 0.5) is 10.1 Å². The predicted molar refractivity (Wildman–Crippen MR) is 79.3 cm³/mol. The molecule has 7 nitrogen and oxygen atoms in total. The number of amides is 2. The van der Waals surface area contributed by atoms with Crippen LogP contribution in [0, 0.1) is 5.82 Å². The van der Waals surface area contributed by atoms with Crippen LogP contribution in [-0.4, -0.2) is 55.3 Å². The summed E-state index contributed by atoms with van der Waals surface area (Å²) in [6.07, 6.45) is 1.10. The van der Waals surface area contributed by atoms with Crippen LogP contribution in [0.25, 0.3) is 0 Å². The van der Waals surface area contributed by atoms with Crippen LogP contribution in [0.2, 0.25) is 0 Å². The Morgan fingerprint density at radius 2 is 2.09 bits per heavy atom. The largest absolute Gasteiger partial charge is 0.489 e. The fourth-order valence-electron chi connectivity index (χ4n) is 2.02. The molecule has 0 saturated carbocycles. The highest BCUT2D eigenvalue weighted by atomic mass is 19.1. The van der Waals surface area contributed by atoms with E-state index < -0.39 is 17.6 Å². The SMILES string of the molecule is COCCOc1ccc(F)cc1NC1=CC(=O)N(CCO)C1=O. The second kappa shape index (κ2) is 7.70. The highest BCUT2D eigenvalue weighted by Crippen LogP contribution is 2.28. The van der Waals surface area contributed by atoms with E-state index in [0.29, 0.717) is 12.4 Å². The minimum absolute atomic E-state index is 0.00867. The van der Waals surface area contributed by atoms with Crippen LogP contribution < -0.4 is 10.1 Å². The second-order valence-corrected chi connectivity index (χ2v) is 4.68. The van der Waals surface area contributed by atoms with Gasteiger partial charge in [-0.05, 0) is 12.1 Å². The molecule has 2 rings (SSSR count). The van der Waals surface area contributed by atoms with Crippen LogP contribution in [0.5, 0.6) is 5.75 Å². The first-order valence-electron chi connectivity index (χ1n) is 6.93. The van der Waals surface area contributed by atoms with Gasteiger partial charge in [0.05, 0.1) is 25.4 Å². The lowest BCUT2D eigenvalue weighted by Crippen LogP contribution is -2.34. The highest BCUT2D eigenvalue weighted by molar-refractivity contribution is 6.17. The number of carbonyl (C=O) groups excluding carboxylic acids is 2. The third kappa shape index (κ3) is 4.05. The van der Waals surface area contributed by atoms with E-state index >= 15 is 0 Å². The van der Waals surface area contributed by atoms with E-state index in [-0.39, 0.29) is 31.1 Å². The molecule has 0 atom stereocenters. The molecule has 1 aliphatic rings. The van der Waals surface area contributed by atoms with Gasteiger partial charge in [0.15, 0.2) is 0 Å². The van der Waals surface area contributed by atoms with Gasteiger partial charge in [0.1, 0.15) is 23.9 Å². The zero-order valence-electron chi connectivity index (χ0n) is 12.5. The summed E-state index contributed by atoms with van der Waals surface area (Å²) < 4.78 is 23.8. The van der Waals surface area contributed by atoms with Gasteiger partial charge < -0.3 is 19.9 Å². The Bertz CT molecular complexity index is 632. The zero-order valence-corrected chi connectivity index (χ0v) is 12.5. The van der Waals surface area contributed by atoms with Crippen molar-refractivity contribution in [3.05, 3.63) is 35.8 Å². The summed E-state index contributed by atoms with van der Waals surface area (Å²) in [5.41, 5.74) is 0.213. The number of β-amino-alcohol motifs (C(OH)–C–C–N with tert-alkyl or cyclic N) is 1. The lowest BCUT2D eigenvalue weighted by molar-refractivity contribution is -0.137. The maximum Gasteiger partial charge on any atom is 0.277 e. The molecule has 8 heteroatoms. The van der Waals surface area contributed by atoms with Gasteiger partial charge in [-0.2, -0.15) is 0 Å². The molecule has 1 aliphatic heterocycles. The number of methoxy groups -OCH3 is 1. The Kier molecular flexibility index (Phi) is 5.67. The first kappa shape index (κ1) is 16.9. The number of benzene rings is 1. The topological polar surface area (TPSA) is 88.1 Å². The molecule has 124 valence electrons. The molecule has 0 spiro atoms. The highest BCUT2D eigenvalue weighted by Gasteiger charge is 2.31. The Balaban J connectivity index is 2.16. The van der Waals surface area contributed by atoms with E-state index in [2.05, 4.69) is 5.32 Å². The molecule has 1 aromatic carbocycles. The zero-order chi connectivity index (χ0) is 16.8. The number of rotatable bonds is 8. The quantitative estimate of drug-likeness (QED) is 0.535. The molecule has 0 fully saturated rings. The average Bonchev–Trinajstić information content (AvgIpc) is 2.78. The normalized spacial score (nSPS) is 14.2. The lowest BCUT2D eigenvalue weighted by atomic mass is 10.2. The van der Waals surface area contributed by atoms with Gasteiger partial charge in [-0.3, -0.25) is 14.5 Å². The van der Waals surface area contributed by atoms with Gasteiger partial charge in [0.2, 0.25) is 0 Å². The van der Waals surface area contributed by atoms with E-state index in [4.69, 9.17) is 14.6 Å². The third-order valence-electron chi connectivity index (χ3n) is 3.09. The monoisotopic (exact) mass is 324 g/mol. The van der Waals surface area contributed by atoms with Gasteiger partial charge in [0.25, 0.3) is 11.8 Å². The van der Waals surface area contributed by atoms with Crippen molar-refractivity contribution < 1.29 is 28.6 Å². The number of carbonyl (C=O) groups is 2. The molecule has 0 aliphatic carbocycles. The van der Waals surface area contributed by atoms with Crippen molar-refractivity contribution in [3.63, 3.8) is 0 Å². The number of aliphatic hydroxyl groups excluding tert-OH is 1. The number of hydrogen-bond donors (Lipinski definition) is 2. The predicted octanol–water partition coefficient (Wildman–Crippen LogP) is 0.508. The summed E-state index contributed by atoms with van der Waals surface area (Å²) in [5, 5.41) is 11.6. The summed E-state index contributed by atoms with van der Waals surface area (Å²) in [6.45, 7) is 0.171. The number of hydrogen-bond acceptors (Lipinski definition) is 6. The molecule has 1 aromatic rings. The number of ether oxygens (including phenoxy) is 2. The van der Waals surface area contributed by atoms with Crippen LogP contribution in [0.1, 0.15) is 0 Å². The summed E-state index contributed by atoms with van der Waals surface area (Å²) in [5.74, 6) is -1.32. The number of anilines is 1. The fourth-order valence-corrected chi connectivity index (χ4v) is 2.02. The number of aliphatic hydroxyl groups is 1. The summed E-state index contributed by atoms with van der Waals surface area (Å²) in [6, 6.07) is 3.80. The molecule has 2 amide bonds. The first-order valence-corrected chi connectivity index (χ1v) is 6.93. The molecular weight excluding hydrogens is 307 g/mol. The van der Waals surface area contributed by atoms with E-state index in [1.807, 2.05) is 0 Å². The average molecular weight is 324 g/mol. The van der Waals surface area contributed by atoms with E-state index in [1.165, 1.54) is 19.2 Å². The molecule has 1 heterocycles. The maximum atomic E-state index is 13.4. The molecule has 2 N–H and O–H groups in total. The van der Waals surface area contributed by atoms with Gasteiger partial charge >= 0.3 is 0 Å². The first-order chi connectivity index (χ1) is 11.1. The molecular formula is C15H17FN2O5. The molecule has 23 heavy (non-hydrogen) atoms. The van der Waals surface area contributed by atoms with Crippen molar-refractivity contribution in [1.82, 2.24) is 4.90 Å². The fraction of sp³-hybridized carbons (Fsp3) is 0.333. The van der Waals surface area contributed by atoms with Crippen molar-refractivity contribution in [2.45, 2.75) is 0 Å². The van der Waals surface area contributed by atoms with Gasteiger partial charge in [0, 0.05) is 19.3 Å². The van der Waals surface area contributed by atoms with Crippen molar-refractivity contribution in [2.75, 3.05) is 38.8 Å². The number of halogens is 1. The number of nitrogens with zero attached hydrogens (tertiary/aromatic N) is 1. The summed E-state index contributed by atoms with van der Waals surface area (Å²) in [4.78, 5) is 24.7. The van der Waals surface area contributed by atoms with Crippen LogP contribution in [0.15, 0.2) is 30.0 Å². The minimum atomic E-state index is -0.587. The number of nitrogens with one attached hydrogen (secondary N) is 1. The summed E-state index contributed by atoms with van der Waals surface area (Å²) in [7, 11) is 1.52. The Labute approximate surface area is 132 Å². The Morgan fingerprint density at radius 3 is 2.78 bits per heavy atom. The van der Waals surface area contributed by atoms with Gasteiger partial charge in [-0.25, -0.2) is 4.39 Å². The smallest absolute Gasteiger partial charge is 0.277 e. The van der Waals surface area contributed by atoms with Crippen molar-refractivity contribution >= 4 is 17.5 Å². The maximum absolute atomic E-state index is 13.4. The van der Waals surface area contributed by atoms with Crippen molar-refractivity contribution in [2.24, 2.45) is 0 Å². The summed E-state index contributed by atoms with van der Waals surface area (Å²) >= 11 is 0. The molecule has 0 unspecified atom stereocenters. The van der Waals surface area contributed by atoms with Crippen LogP contribution in [-0.2, 0) is 14.3 Å². The standard InChI is InChI=1S/C15H17FN2O5/c1-22-6-7-23-13-3-2-10(16)8-11(13)17-12-9-14(20)18(4-5-19)15(12)21/h2-3,8-9,17,19H,4-7H2,1H3. The van der Waals surface area contributed by atoms with Gasteiger partial charge in [-0.15, -0.1) is 0 Å². The van der Waals surface area contributed by atoms with E-state index in [0.717, 1.165) is 17.0 Å². The van der Waals surface area contributed by atoms with Crippen LogP contribution in [0.3, 0.4) is 0 Å². The van der Waals surface area contributed by atoms with Gasteiger partial charge in [-0.1, -0.05) is 0 Å². The van der Waals surface area contributed by atoms with Crippen molar-refractivity contribution in [3.8, 4) is 5.75 Å². The van der Waals surface area contributed by atoms with E-state index in [9.17, 15) is 14.0 Å². The van der Waals surface area contributed by atoms with Crippen LogP contribution >= 0.6 is 0 Å². The Morgan fingerprint density at radius 1 is 1.30 bits per heavy atom. The van der Waals surface area contributed by atoms with Crippen molar-refractivity contribution in [1.29, 1.82) is 0 Å². The van der Waals surface area contributed by atoms with E-state index in [1.54, 1.807) is 0 Å². The molecule has 0 saturated heterocycles. The minimum Gasteiger partial charge on any atom is -0.489 e. The third-order valence-corrected chi connectivity index (χ3v) is 3.09. The molecule has 0 aromatic heterocycles. The molecule has 0 bridgehead atoms. The second-order valence-electron chi connectivity index (χ2n) is 4.68. The number of imide groups is 1.